The van der Waals surface area contributed by atoms with Crippen LogP contribution in [0, 0.1) is 0 Å². The van der Waals surface area contributed by atoms with Crippen LogP contribution in [-0.2, 0) is 40.6 Å². The summed E-state index contributed by atoms with van der Waals surface area (Å²) in [5.41, 5.74) is 3.35. The highest BCUT2D eigenvalue weighted by molar-refractivity contribution is 7.91. The third kappa shape index (κ3) is 4.61. The standard InChI is InChI=1S/C21H25N3O3S2/c1-27-10-12-29(25,26)21-22-13-19(24(21)14-17-5-3-2-4-6-17)16-23-9-7-20-18(15-23)8-11-28-20/h2-6,8,11,13H,7,9-10,12,14-16H2,1H3. The fraction of sp³-hybridized carbons (Fsp3) is 0.381. The van der Waals surface area contributed by atoms with Gasteiger partial charge in [0.15, 0.2) is 0 Å². The Morgan fingerprint density at radius 1 is 1.17 bits per heavy atom. The lowest BCUT2D eigenvalue weighted by atomic mass is 10.1. The van der Waals surface area contributed by atoms with E-state index in [1.165, 1.54) is 17.6 Å². The molecule has 0 radical (unpaired) electrons. The zero-order valence-corrected chi connectivity index (χ0v) is 18.1. The number of ether oxygens (including phenoxy) is 1. The summed E-state index contributed by atoms with van der Waals surface area (Å²) in [4.78, 5) is 8.15. The topological polar surface area (TPSA) is 64.4 Å². The van der Waals surface area contributed by atoms with Gasteiger partial charge in [-0.25, -0.2) is 13.4 Å². The van der Waals surface area contributed by atoms with E-state index in [0.29, 0.717) is 13.1 Å². The number of nitrogens with zero attached hydrogens (tertiary/aromatic N) is 3. The monoisotopic (exact) mass is 431 g/mol. The van der Waals surface area contributed by atoms with E-state index in [2.05, 4.69) is 21.3 Å². The van der Waals surface area contributed by atoms with E-state index in [0.717, 1.165) is 30.8 Å². The minimum atomic E-state index is -3.52. The maximum Gasteiger partial charge on any atom is 0.228 e. The lowest BCUT2D eigenvalue weighted by molar-refractivity contribution is 0.217. The molecule has 0 saturated heterocycles. The summed E-state index contributed by atoms with van der Waals surface area (Å²) in [7, 11) is -2.02. The van der Waals surface area contributed by atoms with Crippen molar-refractivity contribution in [2.45, 2.75) is 31.2 Å². The third-order valence-electron chi connectivity index (χ3n) is 5.19. The van der Waals surface area contributed by atoms with Crippen molar-refractivity contribution in [1.82, 2.24) is 14.5 Å². The van der Waals surface area contributed by atoms with Gasteiger partial charge in [0.05, 0.1) is 30.8 Å². The number of hydrogen-bond acceptors (Lipinski definition) is 6. The molecule has 4 rings (SSSR count). The van der Waals surface area contributed by atoms with Gasteiger partial charge in [-0.3, -0.25) is 4.90 Å². The molecule has 0 fully saturated rings. The summed E-state index contributed by atoms with van der Waals surface area (Å²) in [6.45, 7) is 3.17. The largest absolute Gasteiger partial charge is 0.384 e. The normalized spacial score (nSPS) is 14.8. The van der Waals surface area contributed by atoms with Gasteiger partial charge in [0, 0.05) is 31.6 Å². The smallest absolute Gasteiger partial charge is 0.228 e. The molecule has 8 heteroatoms. The molecule has 2 aromatic heterocycles. The number of thiophene rings is 1. The van der Waals surface area contributed by atoms with Gasteiger partial charge in [0.1, 0.15) is 0 Å². The Morgan fingerprint density at radius 3 is 2.79 bits per heavy atom. The van der Waals surface area contributed by atoms with E-state index in [9.17, 15) is 8.42 Å². The second-order valence-electron chi connectivity index (χ2n) is 7.25. The summed E-state index contributed by atoms with van der Waals surface area (Å²) in [5, 5.41) is 2.27. The van der Waals surface area contributed by atoms with Gasteiger partial charge >= 0.3 is 0 Å². The van der Waals surface area contributed by atoms with Gasteiger partial charge in [-0.2, -0.15) is 0 Å². The summed E-state index contributed by atoms with van der Waals surface area (Å²) >= 11 is 1.82. The predicted molar refractivity (Wildman–Crippen MR) is 114 cm³/mol. The molecule has 0 N–H and O–H groups in total. The minimum absolute atomic E-state index is 0.0727. The van der Waals surface area contributed by atoms with Crippen molar-refractivity contribution in [3.8, 4) is 0 Å². The third-order valence-corrected chi connectivity index (χ3v) is 7.80. The molecule has 0 amide bonds. The van der Waals surface area contributed by atoms with Crippen molar-refractivity contribution in [1.29, 1.82) is 0 Å². The van der Waals surface area contributed by atoms with Crippen molar-refractivity contribution in [2.24, 2.45) is 0 Å². The van der Waals surface area contributed by atoms with Crippen LogP contribution in [0.1, 0.15) is 21.7 Å². The molecule has 0 bridgehead atoms. The molecular formula is C21H25N3O3S2. The molecule has 3 aromatic rings. The first-order valence-electron chi connectivity index (χ1n) is 9.64. The highest BCUT2D eigenvalue weighted by Gasteiger charge is 2.25. The molecule has 0 aliphatic carbocycles. The van der Waals surface area contributed by atoms with E-state index in [1.54, 1.807) is 6.20 Å². The number of methoxy groups -OCH3 is 1. The highest BCUT2D eigenvalue weighted by atomic mass is 32.2. The first kappa shape index (κ1) is 20.3. The van der Waals surface area contributed by atoms with Gasteiger partial charge in [-0.15, -0.1) is 11.3 Å². The molecule has 0 saturated carbocycles. The molecule has 0 spiro atoms. The van der Waals surface area contributed by atoms with Gasteiger partial charge in [0.25, 0.3) is 0 Å². The molecule has 1 aliphatic heterocycles. The lowest BCUT2D eigenvalue weighted by Gasteiger charge is -2.27. The summed E-state index contributed by atoms with van der Waals surface area (Å²) in [6.07, 6.45) is 2.75. The number of sulfone groups is 1. The van der Waals surface area contributed by atoms with Crippen LogP contribution in [0.3, 0.4) is 0 Å². The number of rotatable bonds is 8. The number of imidazole rings is 1. The van der Waals surface area contributed by atoms with Crippen LogP contribution in [0.25, 0.3) is 0 Å². The van der Waals surface area contributed by atoms with Crippen LogP contribution in [-0.4, -0.2) is 48.9 Å². The average molecular weight is 432 g/mol. The molecule has 154 valence electrons. The van der Waals surface area contributed by atoms with Gasteiger partial charge in [0.2, 0.25) is 15.0 Å². The van der Waals surface area contributed by atoms with Crippen molar-refractivity contribution >= 4 is 21.2 Å². The number of fused-ring (bicyclic) bond motifs is 1. The maximum atomic E-state index is 12.9. The van der Waals surface area contributed by atoms with Gasteiger partial charge in [-0.1, -0.05) is 30.3 Å². The lowest BCUT2D eigenvalue weighted by Crippen LogP contribution is -2.30. The molecule has 0 atom stereocenters. The summed E-state index contributed by atoms with van der Waals surface area (Å²) < 4.78 is 32.6. The van der Waals surface area contributed by atoms with E-state index in [-0.39, 0.29) is 17.5 Å². The molecule has 0 unspecified atom stereocenters. The van der Waals surface area contributed by atoms with Crippen molar-refractivity contribution < 1.29 is 13.2 Å². The fourth-order valence-corrected chi connectivity index (χ4v) is 5.85. The maximum absolute atomic E-state index is 12.9. The first-order chi connectivity index (χ1) is 14.1. The van der Waals surface area contributed by atoms with Crippen molar-refractivity contribution in [3.05, 3.63) is 69.7 Å². The zero-order valence-electron chi connectivity index (χ0n) is 16.5. The van der Waals surface area contributed by atoms with Crippen molar-refractivity contribution in [2.75, 3.05) is 26.0 Å². The summed E-state index contributed by atoms with van der Waals surface area (Å²) in [6, 6.07) is 12.1. The van der Waals surface area contributed by atoms with E-state index < -0.39 is 9.84 Å². The number of benzene rings is 1. The van der Waals surface area contributed by atoms with Crippen molar-refractivity contribution in [3.63, 3.8) is 0 Å². The second-order valence-corrected chi connectivity index (χ2v) is 10.2. The van der Waals surface area contributed by atoms with Crippen LogP contribution in [0.15, 0.2) is 53.1 Å². The Labute approximate surface area is 175 Å². The minimum Gasteiger partial charge on any atom is -0.384 e. The van der Waals surface area contributed by atoms with Crippen LogP contribution >= 0.6 is 11.3 Å². The zero-order chi connectivity index (χ0) is 20.3. The van der Waals surface area contributed by atoms with E-state index in [4.69, 9.17) is 4.74 Å². The Morgan fingerprint density at radius 2 is 2.00 bits per heavy atom. The average Bonchev–Trinajstić information content (AvgIpc) is 3.34. The van der Waals surface area contributed by atoms with Crippen LogP contribution < -0.4 is 0 Å². The Bertz CT molecular complexity index is 1060. The Kier molecular flexibility index (Phi) is 6.15. The van der Waals surface area contributed by atoms with Gasteiger partial charge in [-0.05, 0) is 29.0 Å². The molecule has 3 heterocycles. The summed E-state index contributed by atoms with van der Waals surface area (Å²) in [5.74, 6) is -0.0727. The quantitative estimate of drug-likeness (QED) is 0.549. The molecule has 29 heavy (non-hydrogen) atoms. The van der Waals surface area contributed by atoms with Gasteiger partial charge < -0.3 is 9.30 Å². The molecule has 6 nitrogen and oxygen atoms in total. The molecule has 1 aliphatic rings. The molecule has 1 aromatic carbocycles. The predicted octanol–water partition coefficient (Wildman–Crippen LogP) is 2.97. The van der Waals surface area contributed by atoms with Crippen LogP contribution in [0.2, 0.25) is 0 Å². The van der Waals surface area contributed by atoms with Crippen LogP contribution in [0.4, 0.5) is 0 Å². The molecular weight excluding hydrogens is 406 g/mol. The number of hydrogen-bond donors (Lipinski definition) is 0. The Balaban J connectivity index is 1.63. The van der Waals surface area contributed by atoms with Crippen LogP contribution in [0.5, 0.6) is 0 Å². The Hall–Kier alpha value is -2.00. The number of aromatic nitrogens is 2. The van der Waals surface area contributed by atoms with E-state index in [1.807, 2.05) is 46.2 Å². The fourth-order valence-electron chi connectivity index (χ4n) is 3.66. The highest BCUT2D eigenvalue weighted by Crippen LogP contribution is 2.26. The second kappa shape index (κ2) is 8.79. The SMILES string of the molecule is COCCS(=O)(=O)c1ncc(CN2CCc3sccc3C2)n1Cc1ccccc1. The van der Waals surface area contributed by atoms with E-state index >= 15 is 0 Å². The first-order valence-corrected chi connectivity index (χ1v) is 12.2.